The van der Waals surface area contributed by atoms with Gasteiger partial charge in [0, 0.05) is 6.42 Å². The average Bonchev–Trinajstić information content (AvgIpc) is 3.18. The van der Waals surface area contributed by atoms with Crippen molar-refractivity contribution in [3.05, 3.63) is 74.7 Å². The topological polar surface area (TPSA) is 68.0 Å². The first-order valence-electron chi connectivity index (χ1n) is 10.7. The van der Waals surface area contributed by atoms with E-state index < -0.39 is 5.91 Å². The van der Waals surface area contributed by atoms with Gasteiger partial charge in [-0.2, -0.15) is 0 Å². The van der Waals surface area contributed by atoms with Gasteiger partial charge < -0.3 is 9.73 Å². The summed E-state index contributed by atoms with van der Waals surface area (Å²) >= 11 is 12.0. The summed E-state index contributed by atoms with van der Waals surface area (Å²) in [6.07, 6.45) is 4.19. The zero-order chi connectivity index (χ0) is 23.3. The predicted molar refractivity (Wildman–Crippen MR) is 128 cm³/mol. The summed E-state index contributed by atoms with van der Waals surface area (Å²) in [6.45, 7) is 11.4. The second-order valence-corrected chi connectivity index (χ2v) is 10.5. The molecule has 0 unspecified atom stereocenters. The number of carbonyl (C=O) groups excluding carboxylic acids is 1. The number of hydrogen-bond donors (Lipinski definition) is 1. The summed E-state index contributed by atoms with van der Waals surface area (Å²) < 4.78 is 5.85. The van der Waals surface area contributed by atoms with Gasteiger partial charge in [-0.15, -0.1) is 0 Å². The number of halogens is 2. The predicted octanol–water partition coefficient (Wildman–Crippen LogP) is 6.88. The number of amides is 1. The quantitative estimate of drug-likeness (QED) is 0.421. The highest BCUT2D eigenvalue weighted by Gasteiger charge is 2.37. The molecule has 1 aliphatic carbocycles. The van der Waals surface area contributed by atoms with Gasteiger partial charge in [0.2, 0.25) is 0 Å². The molecule has 2 heterocycles. The van der Waals surface area contributed by atoms with Gasteiger partial charge >= 0.3 is 0 Å². The molecule has 3 aromatic rings. The van der Waals surface area contributed by atoms with Gasteiger partial charge in [0.25, 0.3) is 5.91 Å². The van der Waals surface area contributed by atoms with E-state index in [0.29, 0.717) is 12.2 Å². The number of anilines is 1. The molecule has 4 rings (SSSR count). The molecule has 7 heteroatoms. The molecular weight excluding hydrogens is 445 g/mol. The van der Waals surface area contributed by atoms with Crippen LogP contribution in [0.1, 0.15) is 79.1 Å². The fourth-order valence-electron chi connectivity index (χ4n) is 4.36. The minimum absolute atomic E-state index is 0.0698. The Bertz CT molecular complexity index is 1180. The summed E-state index contributed by atoms with van der Waals surface area (Å²) in [4.78, 5) is 20.3. The largest absolute Gasteiger partial charge is 0.456 e. The van der Waals surface area contributed by atoms with Crippen molar-refractivity contribution in [3.8, 4) is 0 Å². The smallest absolute Gasteiger partial charge is 0.291 e. The van der Waals surface area contributed by atoms with Crippen LogP contribution in [-0.4, -0.2) is 15.9 Å². The molecule has 2 aromatic heterocycles. The number of aryl methyl sites for hydroxylation is 1. The van der Waals surface area contributed by atoms with E-state index in [1.165, 1.54) is 35.0 Å². The zero-order valence-corrected chi connectivity index (χ0v) is 20.5. The van der Waals surface area contributed by atoms with Crippen molar-refractivity contribution in [3.63, 3.8) is 0 Å². The Hall–Kier alpha value is -2.37. The van der Waals surface area contributed by atoms with E-state index in [0.717, 1.165) is 6.42 Å². The molecule has 0 fully saturated rings. The normalized spacial score (nSPS) is 16.5. The number of fused-ring (bicyclic) bond motifs is 1. The molecule has 168 valence electrons. The lowest BCUT2D eigenvalue weighted by atomic mass is 9.62. The van der Waals surface area contributed by atoms with Crippen LogP contribution >= 0.6 is 23.2 Å². The number of nitrogens with one attached hydrogen (secondary N) is 1. The van der Waals surface area contributed by atoms with Crippen molar-refractivity contribution in [2.75, 3.05) is 5.32 Å². The Morgan fingerprint density at radius 1 is 1.03 bits per heavy atom. The Balaban J connectivity index is 1.58. The minimum atomic E-state index is -0.458. The Morgan fingerprint density at radius 3 is 2.25 bits per heavy atom. The van der Waals surface area contributed by atoms with Gasteiger partial charge in [0.05, 0.1) is 0 Å². The number of rotatable bonds is 4. The molecule has 0 saturated heterocycles. The van der Waals surface area contributed by atoms with E-state index in [4.69, 9.17) is 27.6 Å². The van der Waals surface area contributed by atoms with E-state index in [2.05, 4.69) is 62.0 Å². The summed E-state index contributed by atoms with van der Waals surface area (Å²) in [7, 11) is 0. The standard InChI is InChI=1S/C25H27Cl2N3O2/c1-14-10-17-18(25(4,5)9-8-24(17,2)3)12-15(14)11-16-6-7-19(32-16)23(31)30-20-21(26)28-13-29-22(20)27/h6-7,10,12-13H,8-9,11H2,1-5H3,(H,30,31). The lowest BCUT2D eigenvalue weighted by Gasteiger charge is -2.42. The van der Waals surface area contributed by atoms with Crippen LogP contribution in [0.15, 0.2) is 35.0 Å². The second kappa shape index (κ2) is 8.20. The molecule has 0 atom stereocenters. The first-order chi connectivity index (χ1) is 15.0. The van der Waals surface area contributed by atoms with Crippen LogP contribution in [0, 0.1) is 6.92 Å². The number of hydrogen-bond acceptors (Lipinski definition) is 4. The SMILES string of the molecule is Cc1cc2c(cc1Cc1ccc(C(=O)Nc3c(Cl)ncnc3Cl)o1)C(C)(C)CCC2(C)C. The van der Waals surface area contributed by atoms with Crippen molar-refractivity contribution < 1.29 is 9.21 Å². The summed E-state index contributed by atoms with van der Waals surface area (Å²) in [5.41, 5.74) is 5.76. The first kappa shape index (κ1) is 22.8. The van der Waals surface area contributed by atoms with Crippen LogP contribution in [0.2, 0.25) is 10.3 Å². The van der Waals surface area contributed by atoms with Crippen molar-refractivity contribution in [2.45, 2.75) is 64.7 Å². The molecule has 0 aliphatic heterocycles. The van der Waals surface area contributed by atoms with Gasteiger partial charge in [0.1, 0.15) is 17.8 Å². The lowest BCUT2D eigenvalue weighted by molar-refractivity contribution is 0.0995. The molecule has 5 nitrogen and oxygen atoms in total. The highest BCUT2D eigenvalue weighted by atomic mass is 35.5. The third-order valence-corrected chi connectivity index (χ3v) is 7.13. The fourth-order valence-corrected chi connectivity index (χ4v) is 4.77. The third-order valence-electron chi connectivity index (χ3n) is 6.55. The van der Waals surface area contributed by atoms with Crippen LogP contribution in [-0.2, 0) is 17.3 Å². The van der Waals surface area contributed by atoms with Crippen molar-refractivity contribution in [1.82, 2.24) is 9.97 Å². The van der Waals surface area contributed by atoms with E-state index >= 15 is 0 Å². The van der Waals surface area contributed by atoms with Crippen LogP contribution in [0.3, 0.4) is 0 Å². The molecule has 1 amide bonds. The number of furan rings is 1. The van der Waals surface area contributed by atoms with Gasteiger partial charge in [0.15, 0.2) is 16.1 Å². The van der Waals surface area contributed by atoms with Crippen LogP contribution in [0.5, 0.6) is 0 Å². The highest BCUT2D eigenvalue weighted by molar-refractivity contribution is 6.38. The molecule has 0 bridgehead atoms. The maximum atomic E-state index is 12.6. The van der Waals surface area contributed by atoms with E-state index in [1.807, 2.05) is 6.07 Å². The minimum Gasteiger partial charge on any atom is -0.456 e. The monoisotopic (exact) mass is 471 g/mol. The average molecular weight is 472 g/mol. The maximum absolute atomic E-state index is 12.6. The molecule has 1 aliphatic rings. The number of aromatic nitrogens is 2. The van der Waals surface area contributed by atoms with Gasteiger partial charge in [-0.3, -0.25) is 4.79 Å². The van der Waals surface area contributed by atoms with E-state index in [9.17, 15) is 4.79 Å². The van der Waals surface area contributed by atoms with E-state index in [1.54, 1.807) is 6.07 Å². The lowest BCUT2D eigenvalue weighted by Crippen LogP contribution is -2.34. The summed E-state index contributed by atoms with van der Waals surface area (Å²) in [6, 6.07) is 8.14. The Morgan fingerprint density at radius 2 is 1.62 bits per heavy atom. The molecule has 0 saturated carbocycles. The summed E-state index contributed by atoms with van der Waals surface area (Å²) in [5, 5.41) is 2.76. The number of benzene rings is 1. The van der Waals surface area contributed by atoms with Gasteiger partial charge in [-0.25, -0.2) is 9.97 Å². The second-order valence-electron chi connectivity index (χ2n) is 9.82. The van der Waals surface area contributed by atoms with Gasteiger partial charge in [-0.1, -0.05) is 63.0 Å². The van der Waals surface area contributed by atoms with Crippen LogP contribution < -0.4 is 5.32 Å². The molecule has 1 N–H and O–H groups in total. The first-order valence-corrected chi connectivity index (χ1v) is 11.4. The molecule has 0 radical (unpaired) electrons. The molecule has 1 aromatic carbocycles. The Labute approximate surface area is 198 Å². The molecule has 32 heavy (non-hydrogen) atoms. The van der Waals surface area contributed by atoms with Crippen LogP contribution in [0.4, 0.5) is 5.69 Å². The summed E-state index contributed by atoms with van der Waals surface area (Å²) in [5.74, 6) is 0.431. The van der Waals surface area contributed by atoms with Crippen molar-refractivity contribution in [1.29, 1.82) is 0 Å². The van der Waals surface area contributed by atoms with Crippen LogP contribution in [0.25, 0.3) is 0 Å². The van der Waals surface area contributed by atoms with Crippen molar-refractivity contribution >= 4 is 34.8 Å². The molecular formula is C25H27Cl2N3O2. The zero-order valence-electron chi connectivity index (χ0n) is 19.0. The number of nitrogens with zero attached hydrogens (tertiary/aromatic N) is 2. The van der Waals surface area contributed by atoms with Crippen molar-refractivity contribution in [2.24, 2.45) is 0 Å². The maximum Gasteiger partial charge on any atom is 0.291 e. The third kappa shape index (κ3) is 4.28. The van der Waals surface area contributed by atoms with Gasteiger partial charge in [-0.05, 0) is 65.0 Å². The number of carbonyl (C=O) groups is 1. The Kier molecular flexibility index (Phi) is 5.84. The fraction of sp³-hybridized carbons (Fsp3) is 0.400. The highest BCUT2D eigenvalue weighted by Crippen LogP contribution is 2.46. The van der Waals surface area contributed by atoms with E-state index in [-0.39, 0.29) is 32.6 Å². The molecule has 0 spiro atoms.